The van der Waals surface area contributed by atoms with Crippen LogP contribution in [0.15, 0.2) is 6.20 Å². The second-order valence-electron chi connectivity index (χ2n) is 4.22. The third-order valence-electron chi connectivity index (χ3n) is 2.86. The van der Waals surface area contributed by atoms with Gasteiger partial charge in [0, 0.05) is 6.54 Å². The van der Waals surface area contributed by atoms with E-state index in [4.69, 9.17) is 5.73 Å². The number of halogens is 1. The van der Waals surface area contributed by atoms with E-state index in [1.807, 2.05) is 0 Å². The highest BCUT2D eigenvalue weighted by Gasteiger charge is 2.09. The predicted octanol–water partition coefficient (Wildman–Crippen LogP) is 2.83. The van der Waals surface area contributed by atoms with E-state index in [1.54, 1.807) is 0 Å². The van der Waals surface area contributed by atoms with Crippen molar-refractivity contribution < 1.29 is 4.39 Å². The molecule has 1 unspecified atom stereocenters. The van der Waals surface area contributed by atoms with Crippen LogP contribution in [0.3, 0.4) is 0 Å². The first-order valence-corrected chi connectivity index (χ1v) is 6.19. The molecule has 0 fully saturated rings. The minimum absolute atomic E-state index is 0.0931. The number of unbranched alkanes of at least 4 members (excludes halogenated alkanes) is 1. The van der Waals surface area contributed by atoms with Gasteiger partial charge in [0.05, 0.1) is 6.20 Å². The van der Waals surface area contributed by atoms with Crippen LogP contribution in [0.25, 0.3) is 0 Å². The first-order valence-electron chi connectivity index (χ1n) is 6.19. The van der Waals surface area contributed by atoms with Crippen molar-refractivity contribution in [1.29, 1.82) is 0 Å². The molecule has 0 bridgehead atoms. The van der Waals surface area contributed by atoms with Crippen molar-refractivity contribution in [2.75, 3.05) is 17.6 Å². The standard InChI is InChI=1S/C12H21FN4/c1-3-5-6-9(4-2)7-15-11-10(13)8-16-12(14)17-11/h8-9H,3-7H2,1-2H3,(H3,14,15,16,17). The van der Waals surface area contributed by atoms with E-state index in [1.165, 1.54) is 12.8 Å². The van der Waals surface area contributed by atoms with Crippen LogP contribution in [0.4, 0.5) is 16.2 Å². The molecule has 17 heavy (non-hydrogen) atoms. The van der Waals surface area contributed by atoms with Crippen LogP contribution in [-0.2, 0) is 0 Å². The number of rotatable bonds is 7. The Bertz CT molecular complexity index is 343. The molecule has 1 atom stereocenters. The van der Waals surface area contributed by atoms with Gasteiger partial charge in [-0.05, 0) is 12.3 Å². The van der Waals surface area contributed by atoms with Crippen molar-refractivity contribution in [3.63, 3.8) is 0 Å². The molecule has 5 heteroatoms. The molecule has 3 N–H and O–H groups in total. The molecule has 0 radical (unpaired) electrons. The fraction of sp³-hybridized carbons (Fsp3) is 0.667. The molecule has 96 valence electrons. The number of anilines is 2. The molecule has 0 amide bonds. The Hall–Kier alpha value is -1.39. The highest BCUT2D eigenvalue weighted by atomic mass is 19.1. The van der Waals surface area contributed by atoms with Gasteiger partial charge < -0.3 is 11.1 Å². The molecule has 0 spiro atoms. The Morgan fingerprint density at radius 1 is 1.47 bits per heavy atom. The van der Waals surface area contributed by atoms with E-state index >= 15 is 0 Å². The van der Waals surface area contributed by atoms with Gasteiger partial charge >= 0.3 is 0 Å². The summed E-state index contributed by atoms with van der Waals surface area (Å²) in [6.07, 6.45) is 5.72. The highest BCUT2D eigenvalue weighted by Crippen LogP contribution is 2.15. The maximum absolute atomic E-state index is 13.3. The van der Waals surface area contributed by atoms with Crippen molar-refractivity contribution in [2.45, 2.75) is 39.5 Å². The summed E-state index contributed by atoms with van der Waals surface area (Å²) in [5.41, 5.74) is 5.42. The average molecular weight is 240 g/mol. The van der Waals surface area contributed by atoms with Gasteiger partial charge in [0.1, 0.15) is 0 Å². The smallest absolute Gasteiger partial charge is 0.222 e. The Kier molecular flexibility index (Phi) is 5.66. The first kappa shape index (κ1) is 13.7. The van der Waals surface area contributed by atoms with Crippen molar-refractivity contribution >= 4 is 11.8 Å². The lowest BCUT2D eigenvalue weighted by Crippen LogP contribution is -2.16. The van der Waals surface area contributed by atoms with Crippen LogP contribution in [0.2, 0.25) is 0 Å². The van der Waals surface area contributed by atoms with Crippen LogP contribution in [-0.4, -0.2) is 16.5 Å². The molecular weight excluding hydrogens is 219 g/mol. The fourth-order valence-electron chi connectivity index (χ4n) is 1.69. The van der Waals surface area contributed by atoms with Gasteiger partial charge in [0.2, 0.25) is 5.95 Å². The molecule has 0 saturated carbocycles. The van der Waals surface area contributed by atoms with Crippen molar-refractivity contribution in [3.8, 4) is 0 Å². The minimum atomic E-state index is -0.454. The van der Waals surface area contributed by atoms with E-state index in [9.17, 15) is 4.39 Å². The zero-order valence-electron chi connectivity index (χ0n) is 10.5. The van der Waals surface area contributed by atoms with Gasteiger partial charge in [-0.3, -0.25) is 0 Å². The second kappa shape index (κ2) is 7.04. The number of hydrogen-bond acceptors (Lipinski definition) is 4. The molecule has 0 aliphatic rings. The van der Waals surface area contributed by atoms with E-state index in [0.29, 0.717) is 5.92 Å². The van der Waals surface area contributed by atoms with Crippen LogP contribution < -0.4 is 11.1 Å². The van der Waals surface area contributed by atoms with E-state index in [-0.39, 0.29) is 11.8 Å². The zero-order chi connectivity index (χ0) is 12.7. The molecule has 0 aromatic carbocycles. The van der Waals surface area contributed by atoms with Gasteiger partial charge in [0.15, 0.2) is 11.6 Å². The normalized spacial score (nSPS) is 12.4. The monoisotopic (exact) mass is 240 g/mol. The minimum Gasteiger partial charge on any atom is -0.368 e. The largest absolute Gasteiger partial charge is 0.368 e. The Balaban J connectivity index is 2.50. The van der Waals surface area contributed by atoms with Gasteiger partial charge in [-0.2, -0.15) is 4.98 Å². The highest BCUT2D eigenvalue weighted by molar-refractivity contribution is 5.39. The average Bonchev–Trinajstić information content (AvgIpc) is 2.33. The quantitative estimate of drug-likeness (QED) is 0.769. The fourth-order valence-corrected chi connectivity index (χ4v) is 1.69. The summed E-state index contributed by atoms with van der Waals surface area (Å²) in [5, 5.41) is 3.01. The molecule has 4 nitrogen and oxygen atoms in total. The van der Waals surface area contributed by atoms with Crippen LogP contribution in [0, 0.1) is 11.7 Å². The molecule has 0 saturated heterocycles. The summed E-state index contributed by atoms with van der Waals surface area (Å²) < 4.78 is 13.3. The molecule has 1 aromatic rings. The topological polar surface area (TPSA) is 63.8 Å². The lowest BCUT2D eigenvalue weighted by atomic mass is 9.99. The lowest BCUT2D eigenvalue weighted by Gasteiger charge is -2.15. The Morgan fingerprint density at radius 2 is 2.24 bits per heavy atom. The third-order valence-corrected chi connectivity index (χ3v) is 2.86. The van der Waals surface area contributed by atoms with E-state index in [2.05, 4.69) is 29.1 Å². The van der Waals surface area contributed by atoms with E-state index < -0.39 is 5.82 Å². The predicted molar refractivity (Wildman–Crippen MR) is 68.2 cm³/mol. The Labute approximate surface area is 102 Å². The number of nitrogens with two attached hydrogens (primary N) is 1. The van der Waals surface area contributed by atoms with E-state index in [0.717, 1.165) is 25.6 Å². The van der Waals surface area contributed by atoms with Crippen molar-refractivity contribution in [1.82, 2.24) is 9.97 Å². The van der Waals surface area contributed by atoms with Crippen LogP contribution in [0.5, 0.6) is 0 Å². The van der Waals surface area contributed by atoms with Crippen molar-refractivity contribution in [2.24, 2.45) is 5.92 Å². The third kappa shape index (κ3) is 4.54. The van der Waals surface area contributed by atoms with Gasteiger partial charge in [-0.25, -0.2) is 9.37 Å². The lowest BCUT2D eigenvalue weighted by molar-refractivity contribution is 0.471. The molecule has 1 heterocycles. The maximum atomic E-state index is 13.3. The molecule has 1 rings (SSSR count). The van der Waals surface area contributed by atoms with Crippen molar-refractivity contribution in [3.05, 3.63) is 12.0 Å². The summed E-state index contributed by atoms with van der Waals surface area (Å²) in [5.74, 6) is 0.387. The summed E-state index contributed by atoms with van der Waals surface area (Å²) >= 11 is 0. The second-order valence-corrected chi connectivity index (χ2v) is 4.22. The SMILES string of the molecule is CCCCC(CC)CNc1nc(N)ncc1F. The number of hydrogen-bond donors (Lipinski definition) is 2. The first-order chi connectivity index (χ1) is 8.17. The number of nitrogens with zero attached hydrogens (tertiary/aromatic N) is 2. The van der Waals surface area contributed by atoms with Crippen LogP contribution in [0.1, 0.15) is 39.5 Å². The molecule has 1 aromatic heterocycles. The number of nitrogens with one attached hydrogen (secondary N) is 1. The zero-order valence-corrected chi connectivity index (χ0v) is 10.5. The number of nitrogen functional groups attached to an aromatic ring is 1. The molecule has 0 aliphatic heterocycles. The number of aromatic nitrogens is 2. The summed E-state index contributed by atoms with van der Waals surface area (Å²) in [4.78, 5) is 7.43. The molecule has 0 aliphatic carbocycles. The van der Waals surface area contributed by atoms with Gasteiger partial charge in [-0.1, -0.05) is 33.1 Å². The maximum Gasteiger partial charge on any atom is 0.222 e. The summed E-state index contributed by atoms with van der Waals surface area (Å²) in [6.45, 7) is 5.04. The Morgan fingerprint density at radius 3 is 2.88 bits per heavy atom. The van der Waals surface area contributed by atoms with Gasteiger partial charge in [-0.15, -0.1) is 0 Å². The van der Waals surface area contributed by atoms with Crippen LogP contribution >= 0.6 is 0 Å². The summed E-state index contributed by atoms with van der Waals surface area (Å²) in [6, 6.07) is 0. The molecular formula is C12H21FN4. The van der Waals surface area contributed by atoms with Gasteiger partial charge in [0.25, 0.3) is 0 Å². The summed E-state index contributed by atoms with van der Waals surface area (Å²) in [7, 11) is 0.